The maximum atomic E-state index is 12.5. The van der Waals surface area contributed by atoms with Crippen LogP contribution in [-0.2, 0) is 10.0 Å². The number of rotatable bonds is 3. The van der Waals surface area contributed by atoms with Crippen LogP contribution < -0.4 is 4.72 Å². The number of hydrogen-bond acceptors (Lipinski definition) is 3. The fraction of sp³-hybridized carbons (Fsp3) is 0.267. The van der Waals surface area contributed by atoms with Crippen LogP contribution in [0.1, 0.15) is 22.3 Å². The van der Waals surface area contributed by atoms with Crippen molar-refractivity contribution >= 4 is 15.8 Å². The van der Waals surface area contributed by atoms with Crippen molar-refractivity contribution in [3.05, 3.63) is 52.7 Å². The predicted octanol–water partition coefficient (Wildman–Crippen LogP) is 3.12. The van der Waals surface area contributed by atoms with Crippen LogP contribution in [0.3, 0.4) is 0 Å². The number of aromatic nitrogens is 1. The van der Waals surface area contributed by atoms with Crippen molar-refractivity contribution in [3.8, 4) is 0 Å². The third-order valence-electron chi connectivity index (χ3n) is 3.02. The Balaban J connectivity index is 2.43. The molecule has 0 aliphatic carbocycles. The molecule has 0 atom stereocenters. The van der Waals surface area contributed by atoms with E-state index >= 15 is 0 Å². The fourth-order valence-electron chi connectivity index (χ4n) is 2.31. The van der Waals surface area contributed by atoms with Gasteiger partial charge >= 0.3 is 0 Å². The molecule has 1 aromatic heterocycles. The summed E-state index contributed by atoms with van der Waals surface area (Å²) >= 11 is 0. The standard InChI is InChI=1S/C15H18N2O2S/c1-10-5-6-14(16-9-10)17-20(18,19)15-12(3)7-11(2)8-13(15)4/h5-9H,1-4H3,(H,16,17). The second-order valence-electron chi connectivity index (χ2n) is 5.05. The van der Waals surface area contributed by atoms with Crippen LogP contribution in [0, 0.1) is 27.7 Å². The van der Waals surface area contributed by atoms with Gasteiger partial charge in [0.2, 0.25) is 0 Å². The topological polar surface area (TPSA) is 59.1 Å². The van der Waals surface area contributed by atoms with E-state index < -0.39 is 10.0 Å². The largest absolute Gasteiger partial charge is 0.263 e. The van der Waals surface area contributed by atoms with Gasteiger partial charge in [-0.15, -0.1) is 0 Å². The van der Waals surface area contributed by atoms with E-state index in [0.717, 1.165) is 22.3 Å². The molecule has 2 aromatic rings. The Bertz CT molecular complexity index is 712. The van der Waals surface area contributed by atoms with Gasteiger partial charge in [-0.25, -0.2) is 13.4 Å². The zero-order valence-electron chi connectivity index (χ0n) is 12.1. The molecule has 0 saturated carbocycles. The van der Waals surface area contributed by atoms with Crippen molar-refractivity contribution in [1.29, 1.82) is 0 Å². The van der Waals surface area contributed by atoms with Crippen molar-refractivity contribution in [3.63, 3.8) is 0 Å². The van der Waals surface area contributed by atoms with E-state index in [4.69, 9.17) is 0 Å². The van der Waals surface area contributed by atoms with Gasteiger partial charge in [-0.3, -0.25) is 4.72 Å². The summed E-state index contributed by atoms with van der Waals surface area (Å²) in [5, 5.41) is 0. The Morgan fingerprint density at radius 1 is 0.950 bits per heavy atom. The molecule has 0 fully saturated rings. The van der Waals surface area contributed by atoms with Crippen LogP contribution in [0.15, 0.2) is 35.4 Å². The Morgan fingerprint density at radius 3 is 2.05 bits per heavy atom. The highest BCUT2D eigenvalue weighted by atomic mass is 32.2. The van der Waals surface area contributed by atoms with Crippen molar-refractivity contribution < 1.29 is 8.42 Å². The van der Waals surface area contributed by atoms with Crippen molar-refractivity contribution in [2.75, 3.05) is 4.72 Å². The second-order valence-corrected chi connectivity index (χ2v) is 6.67. The SMILES string of the molecule is Cc1ccc(NS(=O)(=O)c2c(C)cc(C)cc2C)nc1. The number of sulfonamides is 1. The first-order valence-corrected chi connectivity index (χ1v) is 7.81. The number of pyridine rings is 1. The van der Waals surface area contributed by atoms with Crippen LogP contribution in [0.4, 0.5) is 5.82 Å². The zero-order chi connectivity index (χ0) is 14.9. The number of nitrogens with one attached hydrogen (secondary N) is 1. The Hall–Kier alpha value is -1.88. The third kappa shape index (κ3) is 2.99. The van der Waals surface area contributed by atoms with Gasteiger partial charge < -0.3 is 0 Å². The lowest BCUT2D eigenvalue weighted by Gasteiger charge is -2.13. The molecular weight excluding hydrogens is 272 g/mol. The summed E-state index contributed by atoms with van der Waals surface area (Å²) in [5.41, 5.74) is 3.51. The zero-order valence-corrected chi connectivity index (χ0v) is 12.9. The summed E-state index contributed by atoms with van der Waals surface area (Å²) in [6.07, 6.45) is 1.63. The molecule has 4 nitrogen and oxygen atoms in total. The maximum Gasteiger partial charge on any atom is 0.263 e. The molecule has 0 unspecified atom stereocenters. The minimum Gasteiger partial charge on any atom is -0.263 e. The van der Waals surface area contributed by atoms with E-state index in [1.54, 1.807) is 26.1 Å². The molecular formula is C15H18N2O2S. The predicted molar refractivity (Wildman–Crippen MR) is 80.4 cm³/mol. The quantitative estimate of drug-likeness (QED) is 0.945. The summed E-state index contributed by atoms with van der Waals surface area (Å²) in [7, 11) is -3.62. The maximum absolute atomic E-state index is 12.5. The normalized spacial score (nSPS) is 11.4. The molecule has 0 aliphatic rings. The van der Waals surface area contributed by atoms with Gasteiger partial charge in [0, 0.05) is 6.20 Å². The summed E-state index contributed by atoms with van der Waals surface area (Å²) in [6, 6.07) is 7.21. The Labute approximate surface area is 119 Å². The van der Waals surface area contributed by atoms with E-state index in [0.29, 0.717) is 10.7 Å². The molecule has 0 saturated heterocycles. The number of anilines is 1. The Kier molecular flexibility index (Phi) is 3.81. The minimum atomic E-state index is -3.62. The van der Waals surface area contributed by atoms with Crippen LogP contribution >= 0.6 is 0 Å². The molecule has 1 N–H and O–H groups in total. The van der Waals surface area contributed by atoms with Crippen LogP contribution in [0.2, 0.25) is 0 Å². The highest BCUT2D eigenvalue weighted by Crippen LogP contribution is 2.23. The smallest absolute Gasteiger partial charge is 0.263 e. The average molecular weight is 290 g/mol. The first kappa shape index (κ1) is 14.5. The van der Waals surface area contributed by atoms with Gasteiger partial charge in [-0.05, 0) is 50.5 Å². The van der Waals surface area contributed by atoms with Crippen LogP contribution in [-0.4, -0.2) is 13.4 Å². The van der Waals surface area contributed by atoms with Crippen molar-refractivity contribution in [1.82, 2.24) is 4.98 Å². The summed E-state index contributed by atoms with van der Waals surface area (Å²) in [4.78, 5) is 4.40. The van der Waals surface area contributed by atoms with E-state index in [-0.39, 0.29) is 0 Å². The molecule has 1 heterocycles. The molecule has 0 radical (unpaired) electrons. The Morgan fingerprint density at radius 2 is 1.55 bits per heavy atom. The van der Waals surface area contributed by atoms with Crippen molar-refractivity contribution in [2.45, 2.75) is 32.6 Å². The third-order valence-corrected chi connectivity index (χ3v) is 4.68. The number of benzene rings is 1. The monoisotopic (exact) mass is 290 g/mol. The number of nitrogens with zero attached hydrogens (tertiary/aromatic N) is 1. The lowest BCUT2D eigenvalue weighted by Crippen LogP contribution is -2.16. The highest BCUT2D eigenvalue weighted by molar-refractivity contribution is 7.92. The van der Waals surface area contributed by atoms with Gasteiger partial charge in [-0.1, -0.05) is 23.8 Å². The molecule has 20 heavy (non-hydrogen) atoms. The van der Waals surface area contributed by atoms with Gasteiger partial charge in [0.15, 0.2) is 0 Å². The molecule has 0 aliphatic heterocycles. The van der Waals surface area contributed by atoms with E-state index in [1.165, 1.54) is 0 Å². The van der Waals surface area contributed by atoms with E-state index in [2.05, 4.69) is 9.71 Å². The molecule has 2 rings (SSSR count). The van der Waals surface area contributed by atoms with Crippen LogP contribution in [0.25, 0.3) is 0 Å². The average Bonchev–Trinajstić information content (AvgIpc) is 2.30. The summed E-state index contributed by atoms with van der Waals surface area (Å²) in [5.74, 6) is 0.329. The van der Waals surface area contributed by atoms with Crippen LogP contribution in [0.5, 0.6) is 0 Å². The highest BCUT2D eigenvalue weighted by Gasteiger charge is 2.20. The van der Waals surface area contributed by atoms with Gasteiger partial charge in [0.1, 0.15) is 5.82 Å². The van der Waals surface area contributed by atoms with Gasteiger partial charge in [0.25, 0.3) is 10.0 Å². The molecule has 0 bridgehead atoms. The molecule has 106 valence electrons. The lowest BCUT2D eigenvalue weighted by atomic mass is 10.1. The molecule has 5 heteroatoms. The van der Waals surface area contributed by atoms with E-state index in [1.807, 2.05) is 32.0 Å². The molecule has 0 spiro atoms. The fourth-order valence-corrected chi connectivity index (χ4v) is 3.77. The van der Waals surface area contributed by atoms with Gasteiger partial charge in [-0.2, -0.15) is 0 Å². The number of hydrogen-bond donors (Lipinski definition) is 1. The second kappa shape index (κ2) is 5.25. The van der Waals surface area contributed by atoms with E-state index in [9.17, 15) is 8.42 Å². The first-order chi connectivity index (χ1) is 9.29. The van der Waals surface area contributed by atoms with Crippen molar-refractivity contribution in [2.24, 2.45) is 0 Å². The molecule has 1 aromatic carbocycles. The number of aryl methyl sites for hydroxylation is 4. The molecule has 0 amide bonds. The summed E-state index contributed by atoms with van der Waals surface area (Å²) in [6.45, 7) is 7.46. The van der Waals surface area contributed by atoms with Gasteiger partial charge in [0.05, 0.1) is 4.90 Å². The summed E-state index contributed by atoms with van der Waals surface area (Å²) < 4.78 is 27.5. The minimum absolute atomic E-state index is 0.325. The first-order valence-electron chi connectivity index (χ1n) is 6.33. The lowest BCUT2D eigenvalue weighted by molar-refractivity contribution is 0.600.